The van der Waals surface area contributed by atoms with Gasteiger partial charge in [-0.15, -0.1) is 0 Å². The molecule has 0 aromatic carbocycles. The first-order chi connectivity index (χ1) is 7.63. The van der Waals surface area contributed by atoms with Gasteiger partial charge in [-0.3, -0.25) is 4.98 Å². The topological polar surface area (TPSA) is 83.5 Å². The Morgan fingerprint density at radius 3 is 3.06 bits per heavy atom. The van der Waals surface area contributed by atoms with E-state index < -0.39 is 0 Å². The van der Waals surface area contributed by atoms with Crippen LogP contribution in [0.5, 0.6) is 0 Å². The first-order valence-corrected chi connectivity index (χ1v) is 4.91. The molecule has 1 aromatic rings. The molecule has 0 unspecified atom stereocenters. The Morgan fingerprint density at radius 2 is 2.44 bits per heavy atom. The van der Waals surface area contributed by atoms with Gasteiger partial charge in [0.15, 0.2) is 5.84 Å². The minimum atomic E-state index is 0.0155. The number of hydrogen-bond donors (Lipinski definition) is 3. The summed E-state index contributed by atoms with van der Waals surface area (Å²) >= 11 is 0. The normalized spacial score (nSPS) is 11.4. The van der Waals surface area contributed by atoms with E-state index in [1.165, 1.54) is 0 Å². The number of amidine groups is 1. The number of nitrogens with one attached hydrogen (secondary N) is 1. The Hall–Kier alpha value is -1.88. The SMILES string of the molecule is C=C(C)CNCc1ccnc(/C(N)=N/O)c1. The van der Waals surface area contributed by atoms with Gasteiger partial charge in [-0.1, -0.05) is 17.3 Å². The highest BCUT2D eigenvalue weighted by atomic mass is 16.4. The fourth-order valence-corrected chi connectivity index (χ4v) is 1.20. The van der Waals surface area contributed by atoms with Gasteiger partial charge in [-0.2, -0.15) is 0 Å². The lowest BCUT2D eigenvalue weighted by atomic mass is 10.2. The average Bonchev–Trinajstić information content (AvgIpc) is 2.28. The minimum Gasteiger partial charge on any atom is -0.409 e. The van der Waals surface area contributed by atoms with Crippen molar-refractivity contribution in [3.8, 4) is 0 Å². The highest BCUT2D eigenvalue weighted by molar-refractivity contribution is 5.95. The van der Waals surface area contributed by atoms with E-state index in [-0.39, 0.29) is 5.84 Å². The standard InChI is InChI=1S/C11H16N4O/c1-8(2)6-13-7-9-3-4-14-10(5-9)11(12)15-16/h3-5,13,16H,1,6-7H2,2H3,(H2,12,15). The number of nitrogens with two attached hydrogens (primary N) is 1. The Balaban J connectivity index is 2.64. The van der Waals surface area contributed by atoms with Gasteiger partial charge in [0, 0.05) is 19.3 Å². The molecule has 16 heavy (non-hydrogen) atoms. The summed E-state index contributed by atoms with van der Waals surface area (Å²) in [6.07, 6.45) is 1.63. The predicted octanol–water partition coefficient (Wildman–Crippen LogP) is 0.842. The van der Waals surface area contributed by atoms with Crippen LogP contribution in [0.3, 0.4) is 0 Å². The first kappa shape index (κ1) is 12.2. The largest absolute Gasteiger partial charge is 0.409 e. The monoisotopic (exact) mass is 220 g/mol. The average molecular weight is 220 g/mol. The summed E-state index contributed by atoms with van der Waals surface area (Å²) in [4.78, 5) is 3.99. The number of rotatable bonds is 5. The quantitative estimate of drug-likeness (QED) is 0.226. The third kappa shape index (κ3) is 3.70. The third-order valence-corrected chi connectivity index (χ3v) is 1.95. The van der Waals surface area contributed by atoms with Gasteiger partial charge < -0.3 is 16.3 Å². The predicted molar refractivity (Wildman–Crippen MR) is 63.3 cm³/mol. The Labute approximate surface area is 94.7 Å². The molecule has 86 valence electrons. The van der Waals surface area contributed by atoms with Crippen LogP contribution in [0, 0.1) is 0 Å². The van der Waals surface area contributed by atoms with Crippen LogP contribution in [0.2, 0.25) is 0 Å². The molecular weight excluding hydrogens is 204 g/mol. The molecule has 0 saturated carbocycles. The second-order valence-corrected chi connectivity index (χ2v) is 3.60. The maximum absolute atomic E-state index is 8.52. The van der Waals surface area contributed by atoms with Crippen molar-refractivity contribution in [2.45, 2.75) is 13.5 Å². The minimum absolute atomic E-state index is 0.0155. The van der Waals surface area contributed by atoms with Gasteiger partial charge in [0.05, 0.1) is 0 Å². The highest BCUT2D eigenvalue weighted by Gasteiger charge is 2.01. The number of aromatic nitrogens is 1. The van der Waals surface area contributed by atoms with E-state index in [1.807, 2.05) is 13.0 Å². The lowest BCUT2D eigenvalue weighted by molar-refractivity contribution is 0.318. The van der Waals surface area contributed by atoms with Crippen molar-refractivity contribution in [2.75, 3.05) is 6.54 Å². The lowest BCUT2D eigenvalue weighted by Crippen LogP contribution is -2.18. The number of hydrogen-bond acceptors (Lipinski definition) is 4. The summed E-state index contributed by atoms with van der Waals surface area (Å²) in [5, 5.41) is 14.6. The Morgan fingerprint density at radius 1 is 1.69 bits per heavy atom. The molecule has 5 nitrogen and oxygen atoms in total. The highest BCUT2D eigenvalue weighted by Crippen LogP contribution is 2.01. The molecule has 0 aliphatic rings. The second kappa shape index (κ2) is 5.87. The fourth-order valence-electron chi connectivity index (χ4n) is 1.20. The maximum Gasteiger partial charge on any atom is 0.188 e. The van der Waals surface area contributed by atoms with Gasteiger partial charge in [-0.05, 0) is 24.6 Å². The molecule has 1 rings (SSSR count). The number of nitrogens with zero attached hydrogens (tertiary/aromatic N) is 2. The van der Waals surface area contributed by atoms with Crippen LogP contribution in [0.1, 0.15) is 18.2 Å². The Kier molecular flexibility index (Phi) is 4.47. The molecular formula is C11H16N4O. The van der Waals surface area contributed by atoms with E-state index in [2.05, 4.69) is 22.0 Å². The van der Waals surface area contributed by atoms with Crippen LogP contribution in [0.4, 0.5) is 0 Å². The number of pyridine rings is 1. The fraction of sp³-hybridized carbons (Fsp3) is 0.273. The molecule has 0 aliphatic heterocycles. The second-order valence-electron chi connectivity index (χ2n) is 3.60. The van der Waals surface area contributed by atoms with Gasteiger partial charge in [-0.25, -0.2) is 0 Å². The van der Waals surface area contributed by atoms with Crippen molar-refractivity contribution in [2.24, 2.45) is 10.9 Å². The molecule has 0 fully saturated rings. The molecule has 5 heteroatoms. The van der Waals surface area contributed by atoms with E-state index in [9.17, 15) is 0 Å². The van der Waals surface area contributed by atoms with Crippen LogP contribution in [0.15, 0.2) is 35.6 Å². The van der Waals surface area contributed by atoms with E-state index in [0.717, 1.165) is 17.7 Å². The van der Waals surface area contributed by atoms with Crippen molar-refractivity contribution >= 4 is 5.84 Å². The summed E-state index contributed by atoms with van der Waals surface area (Å²) in [5.74, 6) is 0.0155. The lowest BCUT2D eigenvalue weighted by Gasteiger charge is -2.05. The van der Waals surface area contributed by atoms with Gasteiger partial charge >= 0.3 is 0 Å². The zero-order chi connectivity index (χ0) is 12.0. The molecule has 0 atom stereocenters. The molecule has 0 aliphatic carbocycles. The first-order valence-electron chi connectivity index (χ1n) is 4.91. The molecule has 4 N–H and O–H groups in total. The van der Waals surface area contributed by atoms with Crippen LogP contribution in [-0.4, -0.2) is 22.6 Å². The van der Waals surface area contributed by atoms with Crippen molar-refractivity contribution in [3.05, 3.63) is 41.7 Å². The van der Waals surface area contributed by atoms with E-state index in [4.69, 9.17) is 10.9 Å². The summed E-state index contributed by atoms with van der Waals surface area (Å²) in [7, 11) is 0. The summed E-state index contributed by atoms with van der Waals surface area (Å²) in [5.41, 5.74) is 8.01. The third-order valence-electron chi connectivity index (χ3n) is 1.95. The van der Waals surface area contributed by atoms with Crippen LogP contribution in [0.25, 0.3) is 0 Å². The molecule has 0 radical (unpaired) electrons. The molecule has 1 heterocycles. The van der Waals surface area contributed by atoms with Crippen LogP contribution < -0.4 is 11.1 Å². The van der Waals surface area contributed by atoms with Gasteiger partial charge in [0.2, 0.25) is 0 Å². The maximum atomic E-state index is 8.52. The summed E-state index contributed by atoms with van der Waals surface area (Å²) in [6, 6.07) is 3.65. The van der Waals surface area contributed by atoms with Crippen molar-refractivity contribution in [1.82, 2.24) is 10.3 Å². The van der Waals surface area contributed by atoms with Crippen molar-refractivity contribution in [3.63, 3.8) is 0 Å². The molecule has 0 saturated heterocycles. The molecule has 0 bridgehead atoms. The number of oxime groups is 1. The zero-order valence-corrected chi connectivity index (χ0v) is 9.27. The molecule has 0 amide bonds. The van der Waals surface area contributed by atoms with E-state index >= 15 is 0 Å². The van der Waals surface area contributed by atoms with E-state index in [1.54, 1.807) is 12.3 Å². The molecule has 0 spiro atoms. The van der Waals surface area contributed by atoms with E-state index in [0.29, 0.717) is 12.2 Å². The Bertz CT molecular complexity index is 401. The van der Waals surface area contributed by atoms with Gasteiger partial charge in [0.25, 0.3) is 0 Å². The summed E-state index contributed by atoms with van der Waals surface area (Å²) in [6.45, 7) is 7.22. The molecule has 1 aromatic heterocycles. The van der Waals surface area contributed by atoms with Crippen molar-refractivity contribution in [1.29, 1.82) is 0 Å². The van der Waals surface area contributed by atoms with Gasteiger partial charge in [0.1, 0.15) is 5.69 Å². The van der Waals surface area contributed by atoms with Crippen LogP contribution >= 0.6 is 0 Å². The van der Waals surface area contributed by atoms with Crippen molar-refractivity contribution < 1.29 is 5.21 Å². The van der Waals surface area contributed by atoms with Crippen LogP contribution in [-0.2, 0) is 6.54 Å². The zero-order valence-electron chi connectivity index (χ0n) is 9.27. The smallest absolute Gasteiger partial charge is 0.188 e. The summed E-state index contributed by atoms with van der Waals surface area (Å²) < 4.78 is 0.